The van der Waals surface area contributed by atoms with E-state index in [1.165, 1.54) is 19.1 Å². The lowest BCUT2D eigenvalue weighted by molar-refractivity contribution is -0.386. The van der Waals surface area contributed by atoms with Crippen LogP contribution in [0.5, 0.6) is 0 Å². The molecule has 1 aliphatic heterocycles. The molecule has 1 aliphatic rings. The lowest BCUT2D eigenvalue weighted by atomic mass is 9.98. The Labute approximate surface area is 154 Å². The number of nitro groups is 1. The number of amides is 1. The maximum atomic E-state index is 13.1. The number of piperazine rings is 1. The third kappa shape index (κ3) is 3.33. The number of nitrogens with zero attached hydrogens (tertiary/aromatic N) is 3. The van der Waals surface area contributed by atoms with E-state index in [2.05, 4.69) is 0 Å². The lowest BCUT2D eigenvalue weighted by Crippen LogP contribution is -2.64. The summed E-state index contributed by atoms with van der Waals surface area (Å²) in [6.07, 6.45) is 0. The molecular weight excluding hydrogens is 358 g/mol. The van der Waals surface area contributed by atoms with Gasteiger partial charge in [-0.05, 0) is 47.6 Å². The molecule has 26 heavy (non-hydrogen) atoms. The van der Waals surface area contributed by atoms with Gasteiger partial charge in [0, 0.05) is 23.7 Å². The summed E-state index contributed by atoms with van der Waals surface area (Å²) < 4.78 is 27.4. The molecule has 1 saturated heterocycles. The number of benzene rings is 1. The second-order valence-corrected chi connectivity index (χ2v) is 9.46. The Kier molecular flexibility index (Phi) is 5.17. The van der Waals surface area contributed by atoms with Crippen molar-refractivity contribution < 1.29 is 18.1 Å². The fourth-order valence-electron chi connectivity index (χ4n) is 3.80. The average molecular weight is 383 g/mol. The van der Waals surface area contributed by atoms with Crippen LogP contribution in [0.4, 0.5) is 5.69 Å². The SMILES string of the molecule is Cc1ccc(S(=O)(=O)N2CC(=O)N(C(C)C)C(C)(C)C2)c(C)c1[N+](=O)[O-]. The number of carbonyl (C=O) groups is 1. The maximum Gasteiger partial charge on any atom is 0.276 e. The molecule has 0 atom stereocenters. The quantitative estimate of drug-likeness (QED) is 0.586. The van der Waals surface area contributed by atoms with Gasteiger partial charge >= 0.3 is 0 Å². The van der Waals surface area contributed by atoms with Gasteiger partial charge in [0.25, 0.3) is 5.69 Å². The van der Waals surface area contributed by atoms with Crippen LogP contribution in [-0.2, 0) is 14.8 Å². The van der Waals surface area contributed by atoms with Gasteiger partial charge in [-0.3, -0.25) is 14.9 Å². The van der Waals surface area contributed by atoms with Crippen molar-refractivity contribution in [2.75, 3.05) is 13.1 Å². The first-order valence-corrected chi connectivity index (χ1v) is 9.81. The Bertz CT molecular complexity index is 861. The number of carbonyl (C=O) groups excluding carboxylic acids is 1. The first-order chi connectivity index (χ1) is 11.8. The van der Waals surface area contributed by atoms with Crippen molar-refractivity contribution in [3.8, 4) is 0 Å². The summed E-state index contributed by atoms with van der Waals surface area (Å²) in [6, 6.07) is 2.75. The molecule has 144 valence electrons. The summed E-state index contributed by atoms with van der Waals surface area (Å²) >= 11 is 0. The molecule has 0 bridgehead atoms. The minimum Gasteiger partial charge on any atom is -0.333 e. The number of sulfonamides is 1. The zero-order valence-corrected chi connectivity index (χ0v) is 16.8. The minimum atomic E-state index is -4.04. The Morgan fingerprint density at radius 1 is 1.23 bits per heavy atom. The highest BCUT2D eigenvalue weighted by atomic mass is 32.2. The molecule has 9 heteroatoms. The summed E-state index contributed by atoms with van der Waals surface area (Å²) in [5.41, 5.74) is -0.405. The van der Waals surface area contributed by atoms with Crippen LogP contribution in [0.3, 0.4) is 0 Å². The standard InChI is InChI=1S/C17H25N3O5S/c1-11(2)19-15(21)9-18(10-17(19,5)6)26(24,25)14-8-7-12(3)16(13(14)4)20(22)23/h7-8,11H,9-10H2,1-6H3. The molecule has 1 heterocycles. The van der Waals surface area contributed by atoms with Gasteiger partial charge in [0.1, 0.15) is 0 Å². The highest BCUT2D eigenvalue weighted by Gasteiger charge is 2.44. The van der Waals surface area contributed by atoms with E-state index >= 15 is 0 Å². The van der Waals surface area contributed by atoms with E-state index < -0.39 is 20.5 Å². The predicted octanol–water partition coefficient (Wildman–Crippen LogP) is 2.23. The second kappa shape index (κ2) is 6.62. The van der Waals surface area contributed by atoms with E-state index in [0.29, 0.717) is 5.56 Å². The van der Waals surface area contributed by atoms with Crippen LogP contribution in [0.15, 0.2) is 17.0 Å². The van der Waals surface area contributed by atoms with E-state index in [-0.39, 0.29) is 41.2 Å². The molecule has 0 unspecified atom stereocenters. The molecule has 0 radical (unpaired) electrons. The van der Waals surface area contributed by atoms with Gasteiger partial charge in [-0.1, -0.05) is 6.07 Å². The Hall–Kier alpha value is -2.00. The van der Waals surface area contributed by atoms with Crippen molar-refractivity contribution in [2.45, 2.75) is 58.0 Å². The van der Waals surface area contributed by atoms with Crippen molar-refractivity contribution in [1.29, 1.82) is 0 Å². The second-order valence-electron chi connectivity index (χ2n) is 7.55. The van der Waals surface area contributed by atoms with Gasteiger partial charge in [0.15, 0.2) is 0 Å². The number of hydrogen-bond donors (Lipinski definition) is 0. The maximum absolute atomic E-state index is 13.1. The molecule has 8 nitrogen and oxygen atoms in total. The van der Waals surface area contributed by atoms with Crippen molar-refractivity contribution in [2.24, 2.45) is 0 Å². The van der Waals surface area contributed by atoms with Crippen LogP contribution in [0.2, 0.25) is 0 Å². The Morgan fingerprint density at radius 2 is 1.81 bits per heavy atom. The fraction of sp³-hybridized carbons (Fsp3) is 0.588. The highest BCUT2D eigenvalue weighted by molar-refractivity contribution is 7.89. The lowest BCUT2D eigenvalue weighted by Gasteiger charge is -2.48. The molecule has 1 aromatic carbocycles. The van der Waals surface area contributed by atoms with Crippen LogP contribution < -0.4 is 0 Å². The first kappa shape index (κ1) is 20.3. The summed E-state index contributed by atoms with van der Waals surface area (Å²) in [6.45, 7) is 10.2. The molecule has 0 spiro atoms. The zero-order chi connectivity index (χ0) is 20.0. The van der Waals surface area contributed by atoms with E-state index in [9.17, 15) is 23.3 Å². The molecule has 1 fully saturated rings. The number of rotatable bonds is 4. The predicted molar refractivity (Wildman–Crippen MR) is 97.4 cm³/mol. The fourth-order valence-corrected chi connectivity index (χ4v) is 5.57. The Balaban J connectivity index is 2.52. The van der Waals surface area contributed by atoms with Crippen LogP contribution in [-0.4, -0.2) is 53.1 Å². The van der Waals surface area contributed by atoms with Gasteiger partial charge in [0.2, 0.25) is 15.9 Å². The monoisotopic (exact) mass is 383 g/mol. The van der Waals surface area contributed by atoms with Crippen molar-refractivity contribution >= 4 is 21.6 Å². The molecule has 1 amide bonds. The third-order valence-corrected chi connectivity index (χ3v) is 6.63. The molecular formula is C17H25N3O5S. The van der Waals surface area contributed by atoms with Gasteiger partial charge in [-0.2, -0.15) is 4.31 Å². The van der Waals surface area contributed by atoms with Crippen molar-refractivity contribution in [3.63, 3.8) is 0 Å². The molecule has 0 N–H and O–H groups in total. The Morgan fingerprint density at radius 3 is 2.27 bits per heavy atom. The summed E-state index contributed by atoms with van der Waals surface area (Å²) in [5.74, 6) is -0.279. The molecule has 2 rings (SSSR count). The summed E-state index contributed by atoms with van der Waals surface area (Å²) in [4.78, 5) is 24.9. The topological polar surface area (TPSA) is 101 Å². The van der Waals surface area contributed by atoms with E-state index in [1.807, 2.05) is 27.7 Å². The van der Waals surface area contributed by atoms with Gasteiger partial charge in [0.05, 0.1) is 21.9 Å². The average Bonchev–Trinajstić information content (AvgIpc) is 2.44. The number of nitro benzene ring substituents is 1. The van der Waals surface area contributed by atoms with E-state index in [1.54, 1.807) is 11.8 Å². The zero-order valence-electron chi connectivity index (χ0n) is 15.9. The van der Waals surface area contributed by atoms with Crippen LogP contribution in [0, 0.1) is 24.0 Å². The summed E-state index contributed by atoms with van der Waals surface area (Å²) in [7, 11) is -4.04. The highest BCUT2D eigenvalue weighted by Crippen LogP contribution is 2.33. The smallest absolute Gasteiger partial charge is 0.276 e. The first-order valence-electron chi connectivity index (χ1n) is 8.37. The van der Waals surface area contributed by atoms with Crippen molar-refractivity contribution in [3.05, 3.63) is 33.4 Å². The molecule has 0 aliphatic carbocycles. The van der Waals surface area contributed by atoms with Gasteiger partial charge in [-0.15, -0.1) is 0 Å². The number of hydrogen-bond acceptors (Lipinski definition) is 5. The molecule has 1 aromatic rings. The third-order valence-electron chi connectivity index (χ3n) is 4.70. The van der Waals surface area contributed by atoms with E-state index in [0.717, 1.165) is 4.31 Å². The van der Waals surface area contributed by atoms with Crippen LogP contribution in [0.25, 0.3) is 0 Å². The van der Waals surface area contributed by atoms with Gasteiger partial charge < -0.3 is 4.90 Å². The van der Waals surface area contributed by atoms with Crippen LogP contribution in [0.1, 0.15) is 38.8 Å². The van der Waals surface area contributed by atoms with E-state index in [4.69, 9.17) is 0 Å². The number of aryl methyl sites for hydroxylation is 1. The van der Waals surface area contributed by atoms with Crippen LogP contribution >= 0.6 is 0 Å². The minimum absolute atomic E-state index is 0.0513. The largest absolute Gasteiger partial charge is 0.333 e. The molecule has 0 aromatic heterocycles. The summed E-state index contributed by atoms with van der Waals surface area (Å²) in [5, 5.41) is 11.3. The van der Waals surface area contributed by atoms with Crippen molar-refractivity contribution in [1.82, 2.24) is 9.21 Å². The normalized spacial score (nSPS) is 18.4. The molecule has 0 saturated carbocycles. The van der Waals surface area contributed by atoms with Gasteiger partial charge in [-0.25, -0.2) is 8.42 Å².